The van der Waals surface area contributed by atoms with Gasteiger partial charge in [0.15, 0.2) is 5.76 Å². The molecule has 0 bridgehead atoms. The lowest BCUT2D eigenvalue weighted by Gasteiger charge is -2.08. The maximum Gasteiger partial charge on any atom is 0.232 e. The predicted molar refractivity (Wildman–Crippen MR) is 69.4 cm³/mol. The van der Waals surface area contributed by atoms with Crippen molar-refractivity contribution in [3.05, 3.63) is 60.1 Å². The molecule has 19 heavy (non-hydrogen) atoms. The Morgan fingerprint density at radius 2 is 1.74 bits per heavy atom. The molecule has 0 aliphatic carbocycles. The summed E-state index contributed by atoms with van der Waals surface area (Å²) in [6.45, 7) is 0. The van der Waals surface area contributed by atoms with Crippen molar-refractivity contribution in [2.75, 3.05) is 0 Å². The van der Waals surface area contributed by atoms with Crippen molar-refractivity contribution >= 4 is 16.6 Å². The van der Waals surface area contributed by atoms with Crippen LogP contribution in [0.4, 0.5) is 0 Å². The molecule has 0 atom stereocenters. The van der Waals surface area contributed by atoms with E-state index in [-0.39, 0.29) is 22.8 Å². The fourth-order valence-electron chi connectivity index (χ4n) is 2.05. The number of rotatable bonds is 2. The Kier molecular flexibility index (Phi) is 2.49. The van der Waals surface area contributed by atoms with Crippen molar-refractivity contribution < 1.29 is 19.4 Å². The molecule has 2 aromatic carbocycles. The van der Waals surface area contributed by atoms with Crippen LogP contribution in [-0.2, 0) is 0 Å². The van der Waals surface area contributed by atoms with Gasteiger partial charge in [-0.2, -0.15) is 0 Å². The molecule has 94 valence electrons. The summed E-state index contributed by atoms with van der Waals surface area (Å²) in [5, 5.41) is 21.0. The Balaban J connectivity index is 2.25. The number of benzene rings is 2. The summed E-state index contributed by atoms with van der Waals surface area (Å²) in [4.78, 5) is 12.2. The summed E-state index contributed by atoms with van der Waals surface area (Å²) in [5.41, 5.74) is 0.0196. The van der Waals surface area contributed by atoms with Gasteiger partial charge in [0, 0.05) is 10.8 Å². The van der Waals surface area contributed by atoms with Gasteiger partial charge in [-0.3, -0.25) is 4.79 Å². The topological polar surface area (TPSA) is 70.7 Å². The molecule has 1 aromatic heterocycles. The number of phenols is 2. The summed E-state index contributed by atoms with van der Waals surface area (Å²) >= 11 is 0. The molecule has 4 heteroatoms. The predicted octanol–water partition coefficient (Wildman–Crippen LogP) is 3.08. The standard InChI is InChI=1S/C15H10O4/c16-12-8-11(15(18)13-6-3-7-19-13)14(17)10-5-2-1-4-9(10)12/h1-8,16-17H. The molecule has 0 saturated carbocycles. The number of carbonyl (C=O) groups excluding carboxylic acids is 1. The van der Waals surface area contributed by atoms with Crippen LogP contribution in [0.15, 0.2) is 53.1 Å². The summed E-state index contributed by atoms with van der Waals surface area (Å²) in [6, 6.07) is 11.1. The number of fused-ring (bicyclic) bond motifs is 1. The smallest absolute Gasteiger partial charge is 0.232 e. The van der Waals surface area contributed by atoms with E-state index in [2.05, 4.69) is 0 Å². The molecule has 0 unspecified atom stereocenters. The van der Waals surface area contributed by atoms with E-state index in [1.807, 2.05) is 0 Å². The fourth-order valence-corrected chi connectivity index (χ4v) is 2.05. The third kappa shape index (κ3) is 1.74. The molecule has 0 spiro atoms. The van der Waals surface area contributed by atoms with Crippen molar-refractivity contribution in [2.45, 2.75) is 0 Å². The average Bonchev–Trinajstić information content (AvgIpc) is 2.96. The summed E-state index contributed by atoms with van der Waals surface area (Å²) in [5.74, 6) is -0.563. The van der Waals surface area contributed by atoms with Gasteiger partial charge in [-0.15, -0.1) is 0 Å². The zero-order chi connectivity index (χ0) is 13.4. The summed E-state index contributed by atoms with van der Waals surface area (Å²) in [7, 11) is 0. The maximum absolute atomic E-state index is 12.2. The normalized spacial score (nSPS) is 10.7. The number of hydrogen-bond acceptors (Lipinski definition) is 4. The molecule has 2 N–H and O–H groups in total. The van der Waals surface area contributed by atoms with E-state index in [4.69, 9.17) is 4.42 Å². The van der Waals surface area contributed by atoms with E-state index in [1.165, 1.54) is 18.4 Å². The first-order valence-corrected chi connectivity index (χ1v) is 5.70. The highest BCUT2D eigenvalue weighted by atomic mass is 16.3. The lowest BCUT2D eigenvalue weighted by molar-refractivity contribution is 0.101. The van der Waals surface area contributed by atoms with E-state index < -0.39 is 5.78 Å². The van der Waals surface area contributed by atoms with Gasteiger partial charge < -0.3 is 14.6 Å². The second-order valence-corrected chi connectivity index (χ2v) is 4.14. The van der Waals surface area contributed by atoms with Gasteiger partial charge in [-0.1, -0.05) is 24.3 Å². The molecule has 0 fully saturated rings. The van der Waals surface area contributed by atoms with Gasteiger partial charge in [-0.05, 0) is 18.2 Å². The molecule has 3 rings (SSSR count). The lowest BCUT2D eigenvalue weighted by atomic mass is 10.0. The SMILES string of the molecule is O=C(c1ccco1)c1cc(O)c2ccccc2c1O. The molecule has 0 aliphatic rings. The lowest BCUT2D eigenvalue weighted by Crippen LogP contribution is -2.00. The highest BCUT2D eigenvalue weighted by Gasteiger charge is 2.19. The molecule has 3 aromatic rings. The van der Waals surface area contributed by atoms with Gasteiger partial charge in [0.25, 0.3) is 0 Å². The van der Waals surface area contributed by atoms with Crippen LogP contribution in [0.2, 0.25) is 0 Å². The quantitative estimate of drug-likeness (QED) is 0.544. The van der Waals surface area contributed by atoms with Crippen LogP contribution in [0, 0.1) is 0 Å². The first-order valence-electron chi connectivity index (χ1n) is 5.70. The van der Waals surface area contributed by atoms with Crippen LogP contribution in [-0.4, -0.2) is 16.0 Å². The maximum atomic E-state index is 12.2. The number of hydrogen-bond donors (Lipinski definition) is 2. The molecular formula is C15H10O4. The molecule has 1 heterocycles. The van der Waals surface area contributed by atoms with Gasteiger partial charge in [0.1, 0.15) is 11.5 Å². The Hall–Kier alpha value is -2.75. The molecule has 0 saturated heterocycles. The molecular weight excluding hydrogens is 244 g/mol. The van der Waals surface area contributed by atoms with Crippen LogP contribution in [0.3, 0.4) is 0 Å². The molecule has 4 nitrogen and oxygen atoms in total. The van der Waals surface area contributed by atoms with Crippen molar-refractivity contribution in [3.63, 3.8) is 0 Å². The Labute approximate surface area is 108 Å². The minimum absolute atomic E-state index is 0.0196. The van der Waals surface area contributed by atoms with Crippen molar-refractivity contribution in [3.8, 4) is 11.5 Å². The second-order valence-electron chi connectivity index (χ2n) is 4.14. The summed E-state index contributed by atoms with van der Waals surface area (Å²) < 4.78 is 5.01. The zero-order valence-corrected chi connectivity index (χ0v) is 9.83. The minimum atomic E-state index is -0.469. The number of phenolic OH excluding ortho intramolecular Hbond substituents is 2. The van der Waals surface area contributed by atoms with Crippen molar-refractivity contribution in [1.82, 2.24) is 0 Å². The van der Waals surface area contributed by atoms with Crippen molar-refractivity contribution in [1.29, 1.82) is 0 Å². The molecule has 0 radical (unpaired) electrons. The second kappa shape index (κ2) is 4.17. The first kappa shape index (κ1) is 11.3. The first-order chi connectivity index (χ1) is 9.18. The average molecular weight is 254 g/mol. The van der Waals surface area contributed by atoms with Crippen LogP contribution < -0.4 is 0 Å². The largest absolute Gasteiger partial charge is 0.507 e. The third-order valence-electron chi connectivity index (χ3n) is 2.98. The molecule has 0 amide bonds. The number of aromatic hydroxyl groups is 2. The number of furan rings is 1. The van der Waals surface area contributed by atoms with Gasteiger partial charge in [0.05, 0.1) is 11.8 Å². The summed E-state index contributed by atoms with van der Waals surface area (Å²) in [6.07, 6.45) is 1.38. The third-order valence-corrected chi connectivity index (χ3v) is 2.98. The Morgan fingerprint density at radius 1 is 1.00 bits per heavy atom. The van der Waals surface area contributed by atoms with E-state index in [1.54, 1.807) is 30.3 Å². The fraction of sp³-hybridized carbons (Fsp3) is 0. The highest BCUT2D eigenvalue weighted by Crippen LogP contribution is 2.36. The molecule has 0 aliphatic heterocycles. The monoisotopic (exact) mass is 254 g/mol. The van der Waals surface area contributed by atoms with Gasteiger partial charge >= 0.3 is 0 Å². The Bertz CT molecular complexity index is 757. The highest BCUT2D eigenvalue weighted by molar-refractivity contribution is 6.13. The van der Waals surface area contributed by atoms with Gasteiger partial charge in [0.2, 0.25) is 5.78 Å². The van der Waals surface area contributed by atoms with E-state index in [0.717, 1.165) is 0 Å². The minimum Gasteiger partial charge on any atom is -0.507 e. The number of carbonyl (C=O) groups is 1. The van der Waals surface area contributed by atoms with E-state index >= 15 is 0 Å². The van der Waals surface area contributed by atoms with Crippen molar-refractivity contribution in [2.24, 2.45) is 0 Å². The Morgan fingerprint density at radius 3 is 2.42 bits per heavy atom. The van der Waals surface area contributed by atoms with E-state index in [9.17, 15) is 15.0 Å². The number of ketones is 1. The van der Waals surface area contributed by atoms with Gasteiger partial charge in [-0.25, -0.2) is 0 Å². The van der Waals surface area contributed by atoms with Crippen LogP contribution in [0.1, 0.15) is 16.1 Å². The van der Waals surface area contributed by atoms with Crippen LogP contribution in [0.5, 0.6) is 11.5 Å². The van der Waals surface area contributed by atoms with Crippen LogP contribution in [0.25, 0.3) is 10.8 Å². The zero-order valence-electron chi connectivity index (χ0n) is 9.83. The van der Waals surface area contributed by atoms with E-state index in [0.29, 0.717) is 10.8 Å². The van der Waals surface area contributed by atoms with Crippen LogP contribution >= 0.6 is 0 Å².